The lowest BCUT2D eigenvalue weighted by Crippen LogP contribution is -2.45. The van der Waals surface area contributed by atoms with Crippen molar-refractivity contribution in [3.8, 4) is 0 Å². The Morgan fingerprint density at radius 1 is 1.17 bits per heavy atom. The molecule has 2 aliphatic heterocycles. The fourth-order valence-electron chi connectivity index (χ4n) is 3.27. The van der Waals surface area contributed by atoms with Gasteiger partial charge in [0.25, 0.3) is 5.91 Å². The van der Waals surface area contributed by atoms with Crippen molar-refractivity contribution in [1.29, 1.82) is 0 Å². The third-order valence-electron chi connectivity index (χ3n) is 4.58. The van der Waals surface area contributed by atoms with Crippen LogP contribution in [0.4, 0.5) is 5.82 Å². The van der Waals surface area contributed by atoms with Crippen LogP contribution in [0.15, 0.2) is 12.4 Å². The number of aromatic nitrogens is 2. The van der Waals surface area contributed by atoms with Crippen LogP contribution in [0, 0.1) is 0 Å². The fraction of sp³-hybridized carbons (Fsp3) is 0.625. The van der Waals surface area contributed by atoms with Crippen LogP contribution in [-0.4, -0.2) is 72.5 Å². The quantitative estimate of drug-likeness (QED) is 0.785. The predicted molar refractivity (Wildman–Crippen MR) is 89.9 cm³/mol. The molecule has 0 aromatic carbocycles. The van der Waals surface area contributed by atoms with E-state index in [9.17, 15) is 9.59 Å². The van der Waals surface area contributed by atoms with Crippen LogP contribution in [0.2, 0.25) is 0 Å². The molecule has 24 heavy (non-hydrogen) atoms. The summed E-state index contributed by atoms with van der Waals surface area (Å²) in [5.74, 6) is 0.444. The molecule has 2 fully saturated rings. The van der Waals surface area contributed by atoms with Gasteiger partial charge in [0, 0.05) is 33.2 Å². The Hall–Kier alpha value is -2.22. The number of carbonyl (C=O) groups is 2. The lowest BCUT2D eigenvalue weighted by Gasteiger charge is -2.23. The molecule has 0 spiro atoms. The number of hydrogen-bond donors (Lipinski definition) is 2. The monoisotopic (exact) mass is 332 g/mol. The van der Waals surface area contributed by atoms with Crippen molar-refractivity contribution in [1.82, 2.24) is 25.5 Å². The van der Waals surface area contributed by atoms with E-state index in [1.807, 2.05) is 0 Å². The third kappa shape index (κ3) is 3.48. The molecular formula is C16H24N6O2. The maximum atomic E-state index is 12.6. The highest BCUT2D eigenvalue weighted by Crippen LogP contribution is 2.20. The third-order valence-corrected chi connectivity index (χ3v) is 4.58. The Morgan fingerprint density at radius 2 is 2.04 bits per heavy atom. The van der Waals surface area contributed by atoms with Gasteiger partial charge < -0.3 is 20.4 Å². The van der Waals surface area contributed by atoms with Crippen LogP contribution in [0.25, 0.3) is 0 Å². The molecule has 8 nitrogen and oxygen atoms in total. The Balaban J connectivity index is 1.70. The minimum absolute atomic E-state index is 0.123. The summed E-state index contributed by atoms with van der Waals surface area (Å²) in [4.78, 5) is 37.0. The van der Waals surface area contributed by atoms with Crippen LogP contribution in [0.1, 0.15) is 29.8 Å². The molecule has 0 radical (unpaired) electrons. The molecule has 2 amide bonds. The predicted octanol–water partition coefficient (Wildman–Crippen LogP) is -0.373. The van der Waals surface area contributed by atoms with Gasteiger partial charge in [0.15, 0.2) is 0 Å². The van der Waals surface area contributed by atoms with E-state index in [0.717, 1.165) is 44.8 Å². The smallest absolute Gasteiger partial charge is 0.274 e. The topological polar surface area (TPSA) is 90.5 Å². The van der Waals surface area contributed by atoms with Crippen molar-refractivity contribution >= 4 is 17.6 Å². The van der Waals surface area contributed by atoms with Crippen molar-refractivity contribution < 1.29 is 9.59 Å². The normalized spacial score (nSPS) is 21.5. The van der Waals surface area contributed by atoms with Crippen LogP contribution >= 0.6 is 0 Å². The van der Waals surface area contributed by atoms with E-state index in [1.54, 1.807) is 18.1 Å². The van der Waals surface area contributed by atoms with Crippen molar-refractivity contribution in [2.45, 2.75) is 25.3 Å². The van der Waals surface area contributed by atoms with Gasteiger partial charge in [-0.05, 0) is 25.8 Å². The molecule has 3 heterocycles. The average Bonchev–Trinajstić information content (AvgIpc) is 2.95. The molecule has 1 aromatic heterocycles. The summed E-state index contributed by atoms with van der Waals surface area (Å²) in [6.07, 6.45) is 5.76. The molecule has 2 aliphatic rings. The minimum atomic E-state index is -0.402. The molecule has 3 rings (SSSR count). The first-order chi connectivity index (χ1) is 11.7. The summed E-state index contributed by atoms with van der Waals surface area (Å²) in [6.45, 7) is 4.32. The van der Waals surface area contributed by atoms with Gasteiger partial charge in [-0.2, -0.15) is 0 Å². The van der Waals surface area contributed by atoms with Crippen LogP contribution in [0.3, 0.4) is 0 Å². The number of rotatable bonds is 3. The number of carbonyl (C=O) groups excluding carboxylic acids is 2. The molecule has 1 aromatic rings. The highest BCUT2D eigenvalue weighted by molar-refractivity contribution is 5.96. The van der Waals surface area contributed by atoms with E-state index < -0.39 is 6.04 Å². The maximum absolute atomic E-state index is 12.6. The lowest BCUT2D eigenvalue weighted by molar-refractivity contribution is -0.124. The van der Waals surface area contributed by atoms with Gasteiger partial charge in [-0.3, -0.25) is 9.59 Å². The van der Waals surface area contributed by atoms with Crippen molar-refractivity contribution in [2.75, 3.05) is 44.7 Å². The zero-order chi connectivity index (χ0) is 16.9. The van der Waals surface area contributed by atoms with Gasteiger partial charge in [-0.25, -0.2) is 9.97 Å². The Bertz CT molecular complexity index is 583. The van der Waals surface area contributed by atoms with Crippen LogP contribution < -0.4 is 15.5 Å². The van der Waals surface area contributed by atoms with Gasteiger partial charge >= 0.3 is 0 Å². The number of nitrogens with one attached hydrogen (secondary N) is 2. The molecule has 8 heteroatoms. The summed E-state index contributed by atoms with van der Waals surface area (Å²) >= 11 is 0. The molecule has 2 N–H and O–H groups in total. The second-order valence-electron chi connectivity index (χ2n) is 6.12. The lowest BCUT2D eigenvalue weighted by atomic mass is 10.2. The Kier molecular flexibility index (Phi) is 5.24. The molecule has 0 saturated carbocycles. The highest BCUT2D eigenvalue weighted by Gasteiger charge is 2.34. The Morgan fingerprint density at radius 3 is 2.79 bits per heavy atom. The van der Waals surface area contributed by atoms with E-state index in [-0.39, 0.29) is 11.8 Å². The van der Waals surface area contributed by atoms with Gasteiger partial charge in [-0.15, -0.1) is 0 Å². The average molecular weight is 332 g/mol. The van der Waals surface area contributed by atoms with E-state index in [1.165, 1.54) is 6.20 Å². The van der Waals surface area contributed by atoms with E-state index in [0.29, 0.717) is 18.7 Å². The first-order valence-electron chi connectivity index (χ1n) is 8.51. The minimum Gasteiger partial charge on any atom is -0.357 e. The second-order valence-corrected chi connectivity index (χ2v) is 6.12. The van der Waals surface area contributed by atoms with E-state index >= 15 is 0 Å². The second kappa shape index (κ2) is 7.57. The standard InChI is InChI=1S/C16H24N6O2/c1-17-15(23)13-4-2-8-22(13)16(24)12-10-20-14(11-19-12)21-7-3-5-18-6-9-21/h10-11,13,18H,2-9H2,1H3,(H,17,23)/t13-/m1/s1. The van der Waals surface area contributed by atoms with E-state index in [2.05, 4.69) is 25.5 Å². The summed E-state index contributed by atoms with van der Waals surface area (Å²) in [5.41, 5.74) is 0.294. The van der Waals surface area contributed by atoms with Gasteiger partial charge in [0.2, 0.25) is 5.91 Å². The van der Waals surface area contributed by atoms with Gasteiger partial charge in [0.1, 0.15) is 17.6 Å². The number of anilines is 1. The zero-order valence-electron chi connectivity index (χ0n) is 14.0. The first-order valence-corrected chi connectivity index (χ1v) is 8.51. The number of likely N-dealkylation sites (tertiary alicyclic amines) is 1. The fourth-order valence-corrected chi connectivity index (χ4v) is 3.27. The van der Waals surface area contributed by atoms with Crippen molar-refractivity contribution in [2.24, 2.45) is 0 Å². The van der Waals surface area contributed by atoms with Crippen molar-refractivity contribution in [3.63, 3.8) is 0 Å². The summed E-state index contributed by atoms with van der Waals surface area (Å²) < 4.78 is 0. The summed E-state index contributed by atoms with van der Waals surface area (Å²) in [7, 11) is 1.59. The van der Waals surface area contributed by atoms with Crippen LogP contribution in [0.5, 0.6) is 0 Å². The van der Waals surface area contributed by atoms with Crippen molar-refractivity contribution in [3.05, 3.63) is 18.1 Å². The number of hydrogen-bond acceptors (Lipinski definition) is 6. The molecule has 0 aliphatic carbocycles. The first kappa shape index (κ1) is 16.6. The largest absolute Gasteiger partial charge is 0.357 e. The number of likely N-dealkylation sites (N-methyl/N-ethyl adjacent to an activating group) is 1. The van der Waals surface area contributed by atoms with Crippen LogP contribution in [-0.2, 0) is 4.79 Å². The molecular weight excluding hydrogens is 308 g/mol. The SMILES string of the molecule is CNC(=O)[C@H]1CCCN1C(=O)c1cnc(N2CCCNCC2)cn1. The summed E-state index contributed by atoms with van der Waals surface area (Å²) in [5, 5.41) is 5.97. The molecule has 2 saturated heterocycles. The molecule has 0 unspecified atom stereocenters. The molecule has 130 valence electrons. The molecule has 1 atom stereocenters. The number of amides is 2. The number of nitrogens with zero attached hydrogens (tertiary/aromatic N) is 4. The van der Waals surface area contributed by atoms with Gasteiger partial charge in [-0.1, -0.05) is 0 Å². The maximum Gasteiger partial charge on any atom is 0.274 e. The van der Waals surface area contributed by atoms with Gasteiger partial charge in [0.05, 0.1) is 12.4 Å². The van der Waals surface area contributed by atoms with E-state index in [4.69, 9.17) is 0 Å². The Labute approximate surface area is 141 Å². The molecule has 0 bridgehead atoms. The highest BCUT2D eigenvalue weighted by atomic mass is 16.2. The zero-order valence-corrected chi connectivity index (χ0v) is 14.0. The summed E-state index contributed by atoms with van der Waals surface area (Å²) in [6, 6.07) is -0.402.